The summed E-state index contributed by atoms with van der Waals surface area (Å²) in [5.74, 6) is 1.22. The predicted molar refractivity (Wildman–Crippen MR) is 77.8 cm³/mol. The van der Waals surface area contributed by atoms with Crippen molar-refractivity contribution in [2.45, 2.75) is 19.2 Å². The lowest BCUT2D eigenvalue weighted by molar-refractivity contribution is 0.979. The van der Waals surface area contributed by atoms with Crippen molar-refractivity contribution in [3.8, 4) is 5.69 Å². The highest BCUT2D eigenvalue weighted by molar-refractivity contribution is 6.17. The molecule has 0 saturated heterocycles. The van der Waals surface area contributed by atoms with E-state index in [2.05, 4.69) is 45.7 Å². The second-order valence-electron chi connectivity index (χ2n) is 4.38. The van der Waals surface area contributed by atoms with Crippen molar-refractivity contribution < 1.29 is 0 Å². The molecule has 0 atom stereocenters. The first kappa shape index (κ1) is 12.2. The molecule has 0 bridgehead atoms. The van der Waals surface area contributed by atoms with Crippen LogP contribution in [0.1, 0.15) is 18.3 Å². The zero-order valence-electron chi connectivity index (χ0n) is 10.7. The first-order valence-electron chi connectivity index (χ1n) is 6.30. The molecular weight excluding hydrogens is 258 g/mol. The van der Waals surface area contributed by atoms with Gasteiger partial charge in [0.05, 0.1) is 17.6 Å². The number of pyridine rings is 1. The van der Waals surface area contributed by atoms with Gasteiger partial charge in [-0.25, -0.2) is 4.98 Å². The average molecular weight is 272 g/mol. The first-order chi connectivity index (χ1) is 9.33. The van der Waals surface area contributed by atoms with E-state index in [-0.39, 0.29) is 0 Å². The average Bonchev–Trinajstić information content (AvgIpc) is 2.86. The Labute approximate surface area is 116 Å². The SMILES string of the molecule is CCc1ccc(-n2c(CCl)nc3cnccc32)cc1. The molecule has 2 heterocycles. The second kappa shape index (κ2) is 5.02. The van der Waals surface area contributed by atoms with Gasteiger partial charge in [-0.3, -0.25) is 9.55 Å². The number of aryl methyl sites for hydroxylation is 1. The van der Waals surface area contributed by atoms with Crippen molar-refractivity contribution in [3.63, 3.8) is 0 Å². The van der Waals surface area contributed by atoms with Crippen LogP contribution < -0.4 is 0 Å². The summed E-state index contributed by atoms with van der Waals surface area (Å²) in [5, 5.41) is 0. The van der Waals surface area contributed by atoms with Crippen molar-refractivity contribution >= 4 is 22.6 Å². The first-order valence-corrected chi connectivity index (χ1v) is 6.83. The van der Waals surface area contributed by atoms with Crippen LogP contribution >= 0.6 is 11.6 Å². The molecule has 0 aliphatic carbocycles. The Balaban J connectivity index is 2.21. The number of fused-ring (bicyclic) bond motifs is 1. The zero-order chi connectivity index (χ0) is 13.2. The highest BCUT2D eigenvalue weighted by atomic mass is 35.5. The zero-order valence-corrected chi connectivity index (χ0v) is 11.4. The standard InChI is InChI=1S/C15H14ClN3/c1-2-11-3-5-12(6-4-11)19-14-7-8-17-10-13(14)18-15(19)9-16/h3-8,10H,2,9H2,1H3. The number of benzene rings is 1. The van der Waals surface area contributed by atoms with Gasteiger partial charge in [0, 0.05) is 11.9 Å². The molecule has 0 saturated carbocycles. The van der Waals surface area contributed by atoms with E-state index < -0.39 is 0 Å². The maximum atomic E-state index is 6.01. The summed E-state index contributed by atoms with van der Waals surface area (Å²) in [7, 11) is 0. The Bertz CT molecular complexity index is 701. The predicted octanol–water partition coefficient (Wildman–Crippen LogP) is 3.72. The van der Waals surface area contributed by atoms with Crippen molar-refractivity contribution in [1.82, 2.24) is 14.5 Å². The summed E-state index contributed by atoms with van der Waals surface area (Å²) in [6.45, 7) is 2.15. The lowest BCUT2D eigenvalue weighted by Crippen LogP contribution is -1.99. The van der Waals surface area contributed by atoms with Crippen molar-refractivity contribution in [2.75, 3.05) is 0 Å². The van der Waals surface area contributed by atoms with Gasteiger partial charge in [0.15, 0.2) is 0 Å². The maximum absolute atomic E-state index is 6.01. The molecule has 0 spiro atoms. The van der Waals surface area contributed by atoms with E-state index in [1.54, 1.807) is 12.4 Å². The summed E-state index contributed by atoms with van der Waals surface area (Å²) in [6, 6.07) is 10.5. The lowest BCUT2D eigenvalue weighted by Gasteiger charge is -2.08. The number of alkyl halides is 1. The van der Waals surface area contributed by atoms with Gasteiger partial charge in [0.1, 0.15) is 11.3 Å². The molecule has 96 valence electrons. The Morgan fingerprint density at radius 3 is 2.63 bits per heavy atom. The monoisotopic (exact) mass is 271 g/mol. The summed E-state index contributed by atoms with van der Waals surface area (Å²) in [6.07, 6.45) is 4.58. The normalized spacial score (nSPS) is 11.1. The molecule has 3 aromatic rings. The van der Waals surface area contributed by atoms with E-state index >= 15 is 0 Å². The number of nitrogens with zero attached hydrogens (tertiary/aromatic N) is 3. The summed E-state index contributed by atoms with van der Waals surface area (Å²) < 4.78 is 2.09. The molecule has 0 fully saturated rings. The van der Waals surface area contributed by atoms with Gasteiger partial charge in [-0.1, -0.05) is 19.1 Å². The highest BCUT2D eigenvalue weighted by Gasteiger charge is 2.11. The van der Waals surface area contributed by atoms with Crippen LogP contribution in [-0.4, -0.2) is 14.5 Å². The largest absolute Gasteiger partial charge is 0.295 e. The second-order valence-corrected chi connectivity index (χ2v) is 4.65. The van der Waals surface area contributed by atoms with E-state index in [1.807, 2.05) is 6.07 Å². The molecule has 0 N–H and O–H groups in total. The number of aromatic nitrogens is 3. The molecule has 4 heteroatoms. The molecule has 0 aliphatic rings. The van der Waals surface area contributed by atoms with Crippen LogP contribution in [0, 0.1) is 0 Å². The minimum Gasteiger partial charge on any atom is -0.295 e. The minimum atomic E-state index is 0.379. The fourth-order valence-electron chi connectivity index (χ4n) is 2.24. The van der Waals surface area contributed by atoms with Crippen molar-refractivity contribution in [1.29, 1.82) is 0 Å². The Morgan fingerprint density at radius 2 is 1.95 bits per heavy atom. The summed E-state index contributed by atoms with van der Waals surface area (Å²) in [4.78, 5) is 8.62. The Morgan fingerprint density at radius 1 is 1.16 bits per heavy atom. The number of hydrogen-bond donors (Lipinski definition) is 0. The van der Waals surface area contributed by atoms with Crippen LogP contribution in [0.5, 0.6) is 0 Å². The topological polar surface area (TPSA) is 30.7 Å². The van der Waals surface area contributed by atoms with E-state index in [9.17, 15) is 0 Å². The van der Waals surface area contributed by atoms with Crippen LogP contribution in [0.4, 0.5) is 0 Å². The smallest absolute Gasteiger partial charge is 0.129 e. The van der Waals surface area contributed by atoms with Crippen LogP contribution in [0.2, 0.25) is 0 Å². The Kier molecular flexibility index (Phi) is 3.22. The molecule has 0 aliphatic heterocycles. The molecule has 0 unspecified atom stereocenters. The minimum absolute atomic E-state index is 0.379. The quantitative estimate of drug-likeness (QED) is 0.680. The number of imidazole rings is 1. The van der Waals surface area contributed by atoms with Gasteiger partial charge >= 0.3 is 0 Å². The third kappa shape index (κ3) is 2.10. The maximum Gasteiger partial charge on any atom is 0.129 e. The fourth-order valence-corrected chi connectivity index (χ4v) is 2.42. The number of halogens is 1. The molecular formula is C15H14ClN3. The lowest BCUT2D eigenvalue weighted by atomic mass is 10.1. The van der Waals surface area contributed by atoms with Crippen LogP contribution in [0.15, 0.2) is 42.7 Å². The molecule has 0 radical (unpaired) electrons. The van der Waals surface area contributed by atoms with Crippen molar-refractivity contribution in [3.05, 3.63) is 54.1 Å². The molecule has 0 amide bonds. The van der Waals surface area contributed by atoms with Gasteiger partial charge in [-0.15, -0.1) is 11.6 Å². The molecule has 3 rings (SSSR count). The van der Waals surface area contributed by atoms with Crippen LogP contribution in [0.25, 0.3) is 16.7 Å². The van der Waals surface area contributed by atoms with Gasteiger partial charge in [-0.2, -0.15) is 0 Å². The third-order valence-electron chi connectivity index (χ3n) is 3.25. The van der Waals surface area contributed by atoms with Crippen molar-refractivity contribution in [2.24, 2.45) is 0 Å². The molecule has 19 heavy (non-hydrogen) atoms. The Hall–Kier alpha value is -1.87. The van der Waals surface area contributed by atoms with E-state index in [1.165, 1.54) is 5.56 Å². The van der Waals surface area contributed by atoms with E-state index in [0.29, 0.717) is 5.88 Å². The van der Waals surface area contributed by atoms with Crippen LogP contribution in [0.3, 0.4) is 0 Å². The van der Waals surface area contributed by atoms with Crippen LogP contribution in [-0.2, 0) is 12.3 Å². The molecule has 3 nitrogen and oxygen atoms in total. The number of rotatable bonds is 3. The van der Waals surface area contributed by atoms with Gasteiger partial charge in [0.2, 0.25) is 0 Å². The van der Waals surface area contributed by atoms with Gasteiger partial charge in [-0.05, 0) is 30.2 Å². The van der Waals surface area contributed by atoms with E-state index in [0.717, 1.165) is 29.0 Å². The fraction of sp³-hybridized carbons (Fsp3) is 0.200. The molecule has 1 aromatic carbocycles. The number of hydrogen-bond acceptors (Lipinski definition) is 2. The van der Waals surface area contributed by atoms with Gasteiger partial charge in [0.25, 0.3) is 0 Å². The summed E-state index contributed by atoms with van der Waals surface area (Å²) >= 11 is 6.01. The summed E-state index contributed by atoms with van der Waals surface area (Å²) in [5.41, 5.74) is 4.32. The molecule has 2 aromatic heterocycles. The van der Waals surface area contributed by atoms with E-state index in [4.69, 9.17) is 11.6 Å². The highest BCUT2D eigenvalue weighted by Crippen LogP contribution is 2.22. The third-order valence-corrected chi connectivity index (χ3v) is 3.49. The van der Waals surface area contributed by atoms with Gasteiger partial charge < -0.3 is 0 Å².